The van der Waals surface area contributed by atoms with E-state index in [0.29, 0.717) is 11.4 Å². The first-order chi connectivity index (χ1) is 16.1. The highest BCUT2D eigenvalue weighted by Crippen LogP contribution is 2.36. The Morgan fingerprint density at radius 1 is 1.26 bits per heavy atom. The van der Waals surface area contributed by atoms with Gasteiger partial charge in [0.25, 0.3) is 6.17 Å². The highest BCUT2D eigenvalue weighted by Gasteiger charge is 2.46. The first-order valence-corrected chi connectivity index (χ1v) is 12.4. The summed E-state index contributed by atoms with van der Waals surface area (Å²) >= 11 is 0. The molecule has 0 radical (unpaired) electrons. The Labute approximate surface area is 198 Å². The summed E-state index contributed by atoms with van der Waals surface area (Å²) in [7, 11) is -3.93. The Kier molecular flexibility index (Phi) is 6.34. The minimum Gasteiger partial charge on any atom is -0.491 e. The molecule has 1 aliphatic rings. The van der Waals surface area contributed by atoms with Gasteiger partial charge in [-0.3, -0.25) is 14.3 Å². The Morgan fingerprint density at radius 3 is 2.59 bits per heavy atom. The van der Waals surface area contributed by atoms with E-state index >= 15 is 0 Å². The number of aromatic nitrogens is 2. The number of aryl methyl sites for hydroxylation is 1. The summed E-state index contributed by atoms with van der Waals surface area (Å²) in [6, 6.07) is 11.4. The predicted molar refractivity (Wildman–Crippen MR) is 126 cm³/mol. The van der Waals surface area contributed by atoms with Gasteiger partial charge in [-0.25, -0.2) is 15.0 Å². The molecule has 9 nitrogen and oxygen atoms in total. The van der Waals surface area contributed by atoms with E-state index in [1.165, 1.54) is 16.4 Å². The number of nitrogens with zero attached hydrogens (tertiary/aromatic N) is 4. The summed E-state index contributed by atoms with van der Waals surface area (Å²) in [5.74, 6) is -0.425. The molecule has 1 saturated heterocycles. The van der Waals surface area contributed by atoms with Crippen molar-refractivity contribution in [3.63, 3.8) is 0 Å². The number of carbonyl (C=O) groups is 1. The second kappa shape index (κ2) is 9.08. The molecule has 1 aliphatic heterocycles. The van der Waals surface area contributed by atoms with E-state index in [1.54, 1.807) is 16.8 Å². The third-order valence-electron chi connectivity index (χ3n) is 5.76. The lowest BCUT2D eigenvalue weighted by Gasteiger charge is -2.17. The molecule has 1 fully saturated rings. The fourth-order valence-electron chi connectivity index (χ4n) is 4.28. The molecule has 0 amide bonds. The molecular formula is C24H26N4O5S. The molecule has 178 valence electrons. The largest absolute Gasteiger partial charge is 0.491 e. The molecular weight excluding hydrogens is 456 g/mol. The van der Waals surface area contributed by atoms with Crippen LogP contribution in [0.1, 0.15) is 37.6 Å². The standard InChI is InChI=1S/C24H26N4O5S/c1-15(2)33-18-6-8-19(9-7-18)34(31,32)27-14-17(12-23(27)25-4)28-22-11-16(3)5-10-20(22)21(26-28)13-24(29)30/h5-11,15,17,23H,12-14H2,1-3H3,(H,29,30)/t17-,23-/m1/s1. The van der Waals surface area contributed by atoms with Crippen LogP contribution in [0.3, 0.4) is 0 Å². The summed E-state index contributed by atoms with van der Waals surface area (Å²) in [6.45, 7) is 13.4. The Hall–Kier alpha value is -3.42. The van der Waals surface area contributed by atoms with Crippen LogP contribution < -0.4 is 4.74 Å². The van der Waals surface area contributed by atoms with Crippen molar-refractivity contribution in [1.82, 2.24) is 14.1 Å². The van der Waals surface area contributed by atoms with Gasteiger partial charge in [-0.05, 0) is 56.7 Å². The maximum absolute atomic E-state index is 13.4. The zero-order chi connectivity index (χ0) is 24.6. The van der Waals surface area contributed by atoms with Crippen molar-refractivity contribution in [1.29, 1.82) is 0 Å². The number of aliphatic carboxylic acids is 1. The lowest BCUT2D eigenvalue weighted by Crippen LogP contribution is -2.34. The minimum atomic E-state index is -3.93. The van der Waals surface area contributed by atoms with Crippen LogP contribution in [0.2, 0.25) is 0 Å². The van der Waals surface area contributed by atoms with E-state index in [1.807, 2.05) is 39.0 Å². The Morgan fingerprint density at radius 2 is 1.97 bits per heavy atom. The van der Waals surface area contributed by atoms with E-state index in [9.17, 15) is 18.3 Å². The van der Waals surface area contributed by atoms with Crippen molar-refractivity contribution in [2.24, 2.45) is 0 Å². The van der Waals surface area contributed by atoms with E-state index in [2.05, 4.69) is 9.94 Å². The van der Waals surface area contributed by atoms with Gasteiger partial charge >= 0.3 is 5.97 Å². The second-order valence-electron chi connectivity index (χ2n) is 8.69. The van der Waals surface area contributed by atoms with Gasteiger partial charge in [0, 0.05) is 11.9 Å². The number of rotatable bonds is 7. The summed E-state index contributed by atoms with van der Waals surface area (Å²) in [5.41, 5.74) is 2.13. The highest BCUT2D eigenvalue weighted by molar-refractivity contribution is 7.89. The predicted octanol–water partition coefficient (Wildman–Crippen LogP) is 3.64. The number of ether oxygens (including phenoxy) is 1. The van der Waals surface area contributed by atoms with Crippen molar-refractivity contribution in [2.75, 3.05) is 6.54 Å². The minimum absolute atomic E-state index is 0.0353. The van der Waals surface area contributed by atoms with Gasteiger partial charge in [0.1, 0.15) is 5.75 Å². The third kappa shape index (κ3) is 4.49. The van der Waals surface area contributed by atoms with Crippen molar-refractivity contribution in [2.45, 2.75) is 56.8 Å². The zero-order valence-electron chi connectivity index (χ0n) is 19.2. The first kappa shape index (κ1) is 23.7. The van der Waals surface area contributed by atoms with E-state index < -0.39 is 28.2 Å². The Bertz CT molecular complexity index is 1370. The van der Waals surface area contributed by atoms with Crippen LogP contribution in [0.15, 0.2) is 47.4 Å². The maximum atomic E-state index is 13.4. The first-order valence-electron chi connectivity index (χ1n) is 10.9. The fourth-order valence-corrected chi connectivity index (χ4v) is 5.85. The SMILES string of the molecule is [C-]#[N+][C@H]1C[C@@H](n2nc(CC(=O)O)c3ccc(C)cc32)CN1S(=O)(=O)c1ccc(OC(C)C)cc1. The maximum Gasteiger partial charge on any atom is 0.309 e. The fraction of sp³-hybridized carbons (Fsp3) is 0.375. The molecule has 2 atom stereocenters. The Balaban J connectivity index is 1.68. The summed E-state index contributed by atoms with van der Waals surface area (Å²) in [4.78, 5) is 15.0. The number of benzene rings is 2. The van der Waals surface area contributed by atoms with Gasteiger partial charge in [0.05, 0.1) is 41.1 Å². The van der Waals surface area contributed by atoms with Crippen LogP contribution in [-0.4, -0.2) is 52.4 Å². The van der Waals surface area contributed by atoms with Crippen LogP contribution in [0.4, 0.5) is 0 Å². The number of fused-ring (bicyclic) bond motifs is 1. The van der Waals surface area contributed by atoms with Crippen molar-refractivity contribution in [3.05, 3.63) is 65.1 Å². The topological polar surface area (TPSA) is 106 Å². The van der Waals surface area contributed by atoms with Gasteiger partial charge in [-0.15, -0.1) is 4.31 Å². The van der Waals surface area contributed by atoms with Crippen LogP contribution in [0, 0.1) is 13.5 Å². The molecule has 4 rings (SSSR count). The quantitative estimate of drug-likeness (QED) is 0.516. The van der Waals surface area contributed by atoms with Crippen LogP contribution in [0.5, 0.6) is 5.75 Å². The summed E-state index contributed by atoms with van der Waals surface area (Å²) in [6.07, 6.45) is -0.896. The van der Waals surface area contributed by atoms with Crippen LogP contribution in [-0.2, 0) is 21.2 Å². The monoisotopic (exact) mass is 482 g/mol. The molecule has 3 aromatic rings. The highest BCUT2D eigenvalue weighted by atomic mass is 32.2. The molecule has 0 saturated carbocycles. The third-order valence-corrected chi connectivity index (χ3v) is 7.64. The lowest BCUT2D eigenvalue weighted by molar-refractivity contribution is -0.136. The number of carboxylic acids is 1. The smallest absolute Gasteiger partial charge is 0.309 e. The molecule has 10 heteroatoms. The number of hydrogen-bond acceptors (Lipinski definition) is 5. The number of carboxylic acid groups (broad SMARTS) is 1. The summed E-state index contributed by atoms with van der Waals surface area (Å²) in [5, 5.41) is 14.6. The van der Waals surface area contributed by atoms with Crippen LogP contribution in [0.25, 0.3) is 15.7 Å². The molecule has 2 heterocycles. The summed E-state index contributed by atoms with van der Waals surface area (Å²) < 4.78 is 35.3. The average molecular weight is 483 g/mol. The van der Waals surface area contributed by atoms with Gasteiger partial charge < -0.3 is 9.84 Å². The molecule has 0 aliphatic carbocycles. The van der Waals surface area contributed by atoms with E-state index in [-0.39, 0.29) is 30.4 Å². The molecule has 0 spiro atoms. The zero-order valence-corrected chi connectivity index (χ0v) is 20.0. The molecule has 1 aromatic heterocycles. The van der Waals surface area contributed by atoms with Gasteiger partial charge in [0.15, 0.2) is 0 Å². The van der Waals surface area contributed by atoms with Crippen LogP contribution >= 0.6 is 0 Å². The molecule has 0 unspecified atom stereocenters. The van der Waals surface area contributed by atoms with Crippen molar-refractivity contribution >= 4 is 26.9 Å². The lowest BCUT2D eigenvalue weighted by atomic mass is 10.1. The van der Waals surface area contributed by atoms with Crippen molar-refractivity contribution in [3.8, 4) is 5.75 Å². The van der Waals surface area contributed by atoms with E-state index in [0.717, 1.165) is 16.5 Å². The normalized spacial score (nSPS) is 18.9. The number of sulfonamides is 1. The average Bonchev–Trinajstić information content (AvgIpc) is 3.35. The van der Waals surface area contributed by atoms with E-state index in [4.69, 9.17) is 11.3 Å². The van der Waals surface area contributed by atoms with Crippen molar-refractivity contribution < 1.29 is 23.1 Å². The molecule has 0 bridgehead atoms. The molecule has 2 aromatic carbocycles. The van der Waals surface area contributed by atoms with Gasteiger partial charge in [-0.1, -0.05) is 12.1 Å². The van der Waals surface area contributed by atoms with Gasteiger partial charge in [0.2, 0.25) is 10.0 Å². The molecule has 34 heavy (non-hydrogen) atoms. The van der Waals surface area contributed by atoms with Gasteiger partial charge in [-0.2, -0.15) is 5.10 Å². The second-order valence-corrected chi connectivity index (χ2v) is 10.6. The molecule has 1 N–H and O–H groups in total. The number of hydrogen-bond donors (Lipinski definition) is 1.